The van der Waals surface area contributed by atoms with Crippen molar-refractivity contribution >= 4 is 15.9 Å². The van der Waals surface area contributed by atoms with Crippen LogP contribution in [0.2, 0.25) is 0 Å². The third kappa shape index (κ3) is 3.27. The monoisotopic (exact) mass is 261 g/mol. The normalized spacial score (nSPS) is 12.6. The molecular formula is C10H13BrFNO. The Kier molecular flexibility index (Phi) is 4.35. The molecule has 0 heterocycles. The van der Waals surface area contributed by atoms with Crippen molar-refractivity contribution in [2.45, 2.75) is 6.92 Å². The third-order valence-electron chi connectivity index (χ3n) is 1.82. The smallest absolute Gasteiger partial charge is 0.165 e. The highest BCUT2D eigenvalue weighted by atomic mass is 79.9. The summed E-state index contributed by atoms with van der Waals surface area (Å²) in [5.74, 6) is 0.144. The quantitative estimate of drug-likeness (QED) is 0.905. The minimum atomic E-state index is -0.350. The minimum Gasteiger partial charge on any atom is -0.490 e. The number of benzene rings is 1. The van der Waals surface area contributed by atoms with E-state index in [-0.39, 0.29) is 17.5 Å². The molecule has 1 rings (SSSR count). The van der Waals surface area contributed by atoms with Crippen LogP contribution >= 0.6 is 15.9 Å². The summed E-state index contributed by atoms with van der Waals surface area (Å²) in [6, 6.07) is 4.61. The van der Waals surface area contributed by atoms with Gasteiger partial charge in [0.25, 0.3) is 0 Å². The van der Waals surface area contributed by atoms with E-state index < -0.39 is 0 Å². The zero-order valence-electron chi connectivity index (χ0n) is 7.97. The molecule has 4 heteroatoms. The molecule has 1 atom stereocenters. The van der Waals surface area contributed by atoms with Gasteiger partial charge >= 0.3 is 0 Å². The summed E-state index contributed by atoms with van der Waals surface area (Å²) < 4.78 is 19.2. The minimum absolute atomic E-state index is 0.230. The van der Waals surface area contributed by atoms with Crippen LogP contribution in [0.1, 0.15) is 6.92 Å². The van der Waals surface area contributed by atoms with Crippen LogP contribution in [0, 0.1) is 11.7 Å². The first-order valence-electron chi connectivity index (χ1n) is 4.41. The molecule has 2 nitrogen and oxygen atoms in total. The SMILES string of the molecule is CC(CN)COc1cc(Br)ccc1F. The molecule has 0 aromatic heterocycles. The second kappa shape index (κ2) is 5.32. The topological polar surface area (TPSA) is 35.2 Å². The Balaban J connectivity index is 2.62. The van der Waals surface area contributed by atoms with E-state index in [1.165, 1.54) is 6.07 Å². The molecule has 1 unspecified atom stereocenters. The average Bonchev–Trinajstić information content (AvgIpc) is 2.19. The Morgan fingerprint density at radius 3 is 2.93 bits per heavy atom. The van der Waals surface area contributed by atoms with E-state index >= 15 is 0 Å². The average molecular weight is 262 g/mol. The van der Waals surface area contributed by atoms with Crippen molar-refractivity contribution in [3.05, 3.63) is 28.5 Å². The van der Waals surface area contributed by atoms with E-state index in [0.717, 1.165) is 4.47 Å². The molecule has 0 spiro atoms. The Morgan fingerprint density at radius 2 is 2.29 bits per heavy atom. The van der Waals surface area contributed by atoms with Gasteiger partial charge in [-0.05, 0) is 24.7 Å². The summed E-state index contributed by atoms with van der Waals surface area (Å²) in [4.78, 5) is 0. The van der Waals surface area contributed by atoms with Crippen molar-refractivity contribution in [2.75, 3.05) is 13.2 Å². The molecule has 0 radical (unpaired) electrons. The molecule has 0 bridgehead atoms. The van der Waals surface area contributed by atoms with E-state index in [1.54, 1.807) is 12.1 Å². The summed E-state index contributed by atoms with van der Waals surface area (Å²) >= 11 is 3.25. The van der Waals surface area contributed by atoms with Gasteiger partial charge in [0.2, 0.25) is 0 Å². The van der Waals surface area contributed by atoms with Crippen LogP contribution in [0.5, 0.6) is 5.75 Å². The van der Waals surface area contributed by atoms with Gasteiger partial charge in [0, 0.05) is 10.4 Å². The standard InChI is InChI=1S/C10H13BrFNO/c1-7(5-13)6-14-10-4-8(11)2-3-9(10)12/h2-4,7H,5-6,13H2,1H3. The maximum Gasteiger partial charge on any atom is 0.165 e. The molecule has 1 aromatic rings. The molecular weight excluding hydrogens is 249 g/mol. The van der Waals surface area contributed by atoms with E-state index in [1.807, 2.05) is 6.92 Å². The zero-order valence-corrected chi connectivity index (χ0v) is 9.55. The Bertz CT molecular complexity index is 306. The van der Waals surface area contributed by atoms with Gasteiger partial charge in [-0.25, -0.2) is 4.39 Å². The summed E-state index contributed by atoms with van der Waals surface area (Å²) in [7, 11) is 0. The molecule has 0 amide bonds. The highest BCUT2D eigenvalue weighted by molar-refractivity contribution is 9.10. The largest absolute Gasteiger partial charge is 0.490 e. The number of hydrogen-bond acceptors (Lipinski definition) is 2. The maximum atomic E-state index is 13.1. The van der Waals surface area contributed by atoms with Crippen molar-refractivity contribution in [1.82, 2.24) is 0 Å². The lowest BCUT2D eigenvalue weighted by atomic mass is 10.2. The highest BCUT2D eigenvalue weighted by Crippen LogP contribution is 2.22. The Hall–Kier alpha value is -0.610. The fraction of sp³-hybridized carbons (Fsp3) is 0.400. The van der Waals surface area contributed by atoms with E-state index in [2.05, 4.69) is 15.9 Å². The Labute approximate surface area is 91.4 Å². The van der Waals surface area contributed by atoms with Crippen LogP contribution in [0.25, 0.3) is 0 Å². The van der Waals surface area contributed by atoms with Crippen molar-refractivity contribution in [3.63, 3.8) is 0 Å². The molecule has 0 aliphatic rings. The van der Waals surface area contributed by atoms with Gasteiger partial charge in [-0.1, -0.05) is 22.9 Å². The van der Waals surface area contributed by atoms with Crippen LogP contribution in [-0.2, 0) is 0 Å². The summed E-state index contributed by atoms with van der Waals surface area (Å²) in [5, 5.41) is 0. The first-order chi connectivity index (χ1) is 6.63. The lowest BCUT2D eigenvalue weighted by molar-refractivity contribution is 0.253. The Morgan fingerprint density at radius 1 is 1.57 bits per heavy atom. The van der Waals surface area contributed by atoms with Gasteiger partial charge in [-0.15, -0.1) is 0 Å². The molecule has 0 aliphatic heterocycles. The number of halogens is 2. The molecule has 78 valence electrons. The van der Waals surface area contributed by atoms with Gasteiger partial charge in [0.15, 0.2) is 11.6 Å². The molecule has 14 heavy (non-hydrogen) atoms. The van der Waals surface area contributed by atoms with Gasteiger partial charge in [0.1, 0.15) is 0 Å². The fourth-order valence-corrected chi connectivity index (χ4v) is 1.23. The van der Waals surface area contributed by atoms with Crippen molar-refractivity contribution < 1.29 is 9.13 Å². The second-order valence-corrected chi connectivity index (χ2v) is 4.14. The molecule has 0 saturated heterocycles. The van der Waals surface area contributed by atoms with Crippen LogP contribution in [0.4, 0.5) is 4.39 Å². The van der Waals surface area contributed by atoms with Gasteiger partial charge < -0.3 is 10.5 Å². The summed E-state index contributed by atoms with van der Waals surface area (Å²) in [6.45, 7) is 2.93. The van der Waals surface area contributed by atoms with Crippen LogP contribution in [0.3, 0.4) is 0 Å². The highest BCUT2D eigenvalue weighted by Gasteiger charge is 2.05. The predicted octanol–water partition coefficient (Wildman–Crippen LogP) is 2.56. The molecule has 1 aromatic carbocycles. The summed E-state index contributed by atoms with van der Waals surface area (Å²) in [6.07, 6.45) is 0. The van der Waals surface area contributed by atoms with Crippen molar-refractivity contribution in [3.8, 4) is 5.75 Å². The van der Waals surface area contributed by atoms with Gasteiger partial charge in [0.05, 0.1) is 6.61 Å². The molecule has 0 aliphatic carbocycles. The molecule has 0 fully saturated rings. The van der Waals surface area contributed by atoms with Crippen LogP contribution < -0.4 is 10.5 Å². The zero-order chi connectivity index (χ0) is 10.6. The predicted molar refractivity (Wildman–Crippen MR) is 57.8 cm³/mol. The fourth-order valence-electron chi connectivity index (χ4n) is 0.888. The maximum absolute atomic E-state index is 13.1. The third-order valence-corrected chi connectivity index (χ3v) is 2.31. The second-order valence-electron chi connectivity index (χ2n) is 3.23. The molecule has 2 N–H and O–H groups in total. The lowest BCUT2D eigenvalue weighted by Gasteiger charge is -2.11. The van der Waals surface area contributed by atoms with Crippen LogP contribution in [0.15, 0.2) is 22.7 Å². The molecule has 0 saturated carbocycles. The van der Waals surface area contributed by atoms with Crippen LogP contribution in [-0.4, -0.2) is 13.2 Å². The first-order valence-corrected chi connectivity index (χ1v) is 5.20. The lowest BCUT2D eigenvalue weighted by Crippen LogP contribution is -2.18. The van der Waals surface area contributed by atoms with E-state index in [9.17, 15) is 4.39 Å². The van der Waals surface area contributed by atoms with Crippen molar-refractivity contribution in [2.24, 2.45) is 11.7 Å². The number of ether oxygens (including phenoxy) is 1. The van der Waals surface area contributed by atoms with E-state index in [0.29, 0.717) is 13.2 Å². The van der Waals surface area contributed by atoms with Gasteiger partial charge in [-0.2, -0.15) is 0 Å². The number of nitrogens with two attached hydrogens (primary N) is 1. The van der Waals surface area contributed by atoms with Gasteiger partial charge in [-0.3, -0.25) is 0 Å². The number of hydrogen-bond donors (Lipinski definition) is 1. The van der Waals surface area contributed by atoms with E-state index in [4.69, 9.17) is 10.5 Å². The number of rotatable bonds is 4. The first kappa shape index (κ1) is 11.5. The van der Waals surface area contributed by atoms with Crippen molar-refractivity contribution in [1.29, 1.82) is 0 Å². The summed E-state index contributed by atoms with van der Waals surface area (Å²) in [5.41, 5.74) is 5.42.